The predicted molar refractivity (Wildman–Crippen MR) is 119 cm³/mol. The Morgan fingerprint density at radius 3 is 2.06 bits per heavy atom. The molecule has 3 atom stereocenters. The molecule has 0 aliphatic heterocycles. The van der Waals surface area contributed by atoms with Crippen molar-refractivity contribution in [1.29, 1.82) is 0 Å². The standard InChI is InChI=1S/C22H32N2O6S/c1-13(2)19(24-22(30)20(28)14(3)4)21(29)23-16(10-18(26)27)17(25)12-31-11-15-8-6-5-7-9-15/h5-9,13-14,16,19-20,28H,10-12H2,1-4H3,(H,23,29)(H,24,30)(H,26,27)/t16-,19-,20+/m0/s1. The monoisotopic (exact) mass is 452 g/mol. The molecule has 1 aromatic carbocycles. The molecule has 0 aromatic heterocycles. The van der Waals surface area contributed by atoms with Gasteiger partial charge in [0, 0.05) is 5.75 Å². The van der Waals surface area contributed by atoms with Crippen LogP contribution in [-0.4, -0.2) is 57.7 Å². The summed E-state index contributed by atoms with van der Waals surface area (Å²) in [7, 11) is 0. The van der Waals surface area contributed by atoms with Crippen molar-refractivity contribution in [2.24, 2.45) is 11.8 Å². The van der Waals surface area contributed by atoms with Crippen LogP contribution in [0.15, 0.2) is 30.3 Å². The van der Waals surface area contributed by atoms with Gasteiger partial charge in [-0.3, -0.25) is 19.2 Å². The molecule has 2 amide bonds. The lowest BCUT2D eigenvalue weighted by Crippen LogP contribution is -2.56. The molecule has 172 valence electrons. The average molecular weight is 453 g/mol. The van der Waals surface area contributed by atoms with Gasteiger partial charge < -0.3 is 20.8 Å². The van der Waals surface area contributed by atoms with Crippen molar-refractivity contribution in [3.05, 3.63) is 35.9 Å². The van der Waals surface area contributed by atoms with Crippen LogP contribution in [0.1, 0.15) is 39.7 Å². The molecule has 0 bridgehead atoms. The van der Waals surface area contributed by atoms with Crippen molar-refractivity contribution in [3.63, 3.8) is 0 Å². The number of aliphatic carboxylic acids is 1. The lowest BCUT2D eigenvalue weighted by Gasteiger charge is -2.26. The molecule has 0 unspecified atom stereocenters. The van der Waals surface area contributed by atoms with E-state index in [1.807, 2.05) is 30.3 Å². The lowest BCUT2D eigenvalue weighted by atomic mass is 10.00. The number of Topliss-reactive ketones (excluding diaryl/α,β-unsaturated/α-hetero) is 1. The van der Waals surface area contributed by atoms with Crippen molar-refractivity contribution < 1.29 is 29.4 Å². The number of hydrogen-bond acceptors (Lipinski definition) is 6. The van der Waals surface area contributed by atoms with Crippen LogP contribution < -0.4 is 10.6 Å². The maximum Gasteiger partial charge on any atom is 0.305 e. The zero-order valence-electron chi connectivity index (χ0n) is 18.3. The Bertz CT molecular complexity index is 754. The van der Waals surface area contributed by atoms with Gasteiger partial charge in [0.05, 0.1) is 18.2 Å². The van der Waals surface area contributed by atoms with Crippen LogP contribution in [0.2, 0.25) is 0 Å². The first-order chi connectivity index (χ1) is 14.5. The van der Waals surface area contributed by atoms with Gasteiger partial charge in [0.25, 0.3) is 0 Å². The van der Waals surface area contributed by atoms with Gasteiger partial charge in [0.15, 0.2) is 5.78 Å². The average Bonchev–Trinajstić information content (AvgIpc) is 2.70. The molecule has 4 N–H and O–H groups in total. The summed E-state index contributed by atoms with van der Waals surface area (Å²) in [5, 5.41) is 24.0. The Kier molecular flexibility index (Phi) is 11.3. The summed E-state index contributed by atoms with van der Waals surface area (Å²) >= 11 is 1.33. The molecular weight excluding hydrogens is 420 g/mol. The molecule has 0 saturated heterocycles. The summed E-state index contributed by atoms with van der Waals surface area (Å²) in [6.45, 7) is 6.75. The van der Waals surface area contributed by atoms with Crippen LogP contribution in [0.25, 0.3) is 0 Å². The molecule has 31 heavy (non-hydrogen) atoms. The number of rotatable bonds is 13. The van der Waals surface area contributed by atoms with Crippen molar-refractivity contribution in [3.8, 4) is 0 Å². The van der Waals surface area contributed by atoms with E-state index in [-0.39, 0.29) is 17.6 Å². The predicted octanol–water partition coefficient (Wildman–Crippen LogP) is 1.61. The molecular formula is C22H32N2O6S. The first-order valence-electron chi connectivity index (χ1n) is 10.2. The van der Waals surface area contributed by atoms with Gasteiger partial charge in [0.2, 0.25) is 11.8 Å². The Hall–Kier alpha value is -2.39. The van der Waals surface area contributed by atoms with Crippen LogP contribution in [0, 0.1) is 11.8 Å². The van der Waals surface area contributed by atoms with Gasteiger partial charge in [0.1, 0.15) is 12.1 Å². The van der Waals surface area contributed by atoms with Crippen molar-refractivity contribution in [1.82, 2.24) is 10.6 Å². The third-order valence-electron chi connectivity index (χ3n) is 4.59. The molecule has 0 radical (unpaired) electrons. The number of hydrogen-bond donors (Lipinski definition) is 4. The quantitative estimate of drug-likeness (QED) is 0.357. The number of carboxylic acid groups (broad SMARTS) is 1. The normalized spacial score (nSPS) is 14.0. The number of benzene rings is 1. The van der Waals surface area contributed by atoms with Gasteiger partial charge in [-0.15, -0.1) is 11.8 Å². The minimum atomic E-state index is -1.28. The summed E-state index contributed by atoms with van der Waals surface area (Å²) in [5.74, 6) is -3.03. The zero-order chi connectivity index (χ0) is 23.6. The smallest absolute Gasteiger partial charge is 0.305 e. The number of carbonyl (C=O) groups excluding carboxylic acids is 3. The molecule has 1 aromatic rings. The van der Waals surface area contributed by atoms with Crippen LogP contribution in [0.5, 0.6) is 0 Å². The molecule has 0 heterocycles. The van der Waals surface area contributed by atoms with Gasteiger partial charge in [-0.05, 0) is 17.4 Å². The number of thioether (sulfide) groups is 1. The van der Waals surface area contributed by atoms with E-state index in [1.165, 1.54) is 11.8 Å². The highest BCUT2D eigenvalue weighted by Gasteiger charge is 2.31. The van der Waals surface area contributed by atoms with E-state index in [1.54, 1.807) is 27.7 Å². The second-order valence-corrected chi connectivity index (χ2v) is 9.01. The summed E-state index contributed by atoms with van der Waals surface area (Å²) in [6, 6.07) is 7.31. The summed E-state index contributed by atoms with van der Waals surface area (Å²) in [6.07, 6.45) is -1.83. The topological polar surface area (TPSA) is 133 Å². The fourth-order valence-electron chi connectivity index (χ4n) is 2.70. The number of aliphatic hydroxyl groups excluding tert-OH is 1. The molecule has 9 heteroatoms. The van der Waals surface area contributed by atoms with Crippen molar-refractivity contribution in [2.75, 3.05) is 5.75 Å². The highest BCUT2D eigenvalue weighted by Crippen LogP contribution is 2.13. The Labute approximate surface area is 187 Å². The summed E-state index contributed by atoms with van der Waals surface area (Å²) < 4.78 is 0. The van der Waals surface area contributed by atoms with E-state index in [0.29, 0.717) is 5.75 Å². The number of aliphatic hydroxyl groups is 1. The van der Waals surface area contributed by atoms with Crippen molar-refractivity contribution >= 4 is 35.3 Å². The lowest BCUT2D eigenvalue weighted by molar-refractivity contribution is -0.141. The van der Waals surface area contributed by atoms with E-state index in [4.69, 9.17) is 5.11 Å². The summed E-state index contributed by atoms with van der Waals surface area (Å²) in [5.41, 5.74) is 1.03. The minimum absolute atomic E-state index is 0.0396. The Balaban J connectivity index is 2.77. The van der Waals surface area contributed by atoms with Crippen LogP contribution in [0.3, 0.4) is 0 Å². The number of carbonyl (C=O) groups is 4. The highest BCUT2D eigenvalue weighted by atomic mass is 32.2. The zero-order valence-corrected chi connectivity index (χ0v) is 19.1. The molecule has 1 rings (SSSR count). The first kappa shape index (κ1) is 26.6. The van der Waals surface area contributed by atoms with Gasteiger partial charge >= 0.3 is 5.97 Å². The Morgan fingerprint density at radius 2 is 1.55 bits per heavy atom. The highest BCUT2D eigenvalue weighted by molar-refractivity contribution is 7.99. The number of ketones is 1. The molecule has 0 saturated carbocycles. The third kappa shape index (κ3) is 9.52. The molecule has 0 aliphatic carbocycles. The fourth-order valence-corrected chi connectivity index (χ4v) is 3.63. The largest absolute Gasteiger partial charge is 0.481 e. The maximum atomic E-state index is 12.7. The first-order valence-corrected chi connectivity index (χ1v) is 11.3. The van der Waals surface area contributed by atoms with E-state index in [2.05, 4.69) is 10.6 Å². The van der Waals surface area contributed by atoms with E-state index < -0.39 is 48.2 Å². The maximum absolute atomic E-state index is 12.7. The van der Waals surface area contributed by atoms with Gasteiger partial charge in [-0.25, -0.2) is 0 Å². The van der Waals surface area contributed by atoms with E-state index in [9.17, 15) is 24.3 Å². The second kappa shape index (κ2) is 13.1. The molecule has 0 spiro atoms. The van der Waals surface area contributed by atoms with Gasteiger partial charge in [-0.2, -0.15) is 0 Å². The molecule has 0 aliphatic rings. The van der Waals surface area contributed by atoms with E-state index >= 15 is 0 Å². The second-order valence-electron chi connectivity index (χ2n) is 8.02. The number of nitrogens with one attached hydrogen (secondary N) is 2. The molecule has 0 fully saturated rings. The molecule has 8 nitrogen and oxygen atoms in total. The van der Waals surface area contributed by atoms with E-state index in [0.717, 1.165) is 5.56 Å². The Morgan fingerprint density at radius 1 is 0.935 bits per heavy atom. The van der Waals surface area contributed by atoms with Gasteiger partial charge in [-0.1, -0.05) is 58.0 Å². The third-order valence-corrected chi connectivity index (χ3v) is 5.61. The van der Waals surface area contributed by atoms with Crippen LogP contribution >= 0.6 is 11.8 Å². The fraction of sp³-hybridized carbons (Fsp3) is 0.545. The minimum Gasteiger partial charge on any atom is -0.481 e. The number of amides is 2. The van der Waals surface area contributed by atoms with Crippen molar-refractivity contribution in [2.45, 2.75) is 58.1 Å². The summed E-state index contributed by atoms with van der Waals surface area (Å²) in [4.78, 5) is 48.7. The van der Waals surface area contributed by atoms with Crippen LogP contribution in [0.4, 0.5) is 0 Å². The number of carboxylic acids is 1. The van der Waals surface area contributed by atoms with Crippen LogP contribution in [-0.2, 0) is 24.9 Å². The SMILES string of the molecule is CC(C)[C@H](NC(=O)[C@H](O)C(C)C)C(=O)N[C@@H](CC(=O)O)C(=O)CSCc1ccccc1.